The van der Waals surface area contributed by atoms with Crippen molar-refractivity contribution in [1.82, 2.24) is 4.90 Å². The molecule has 1 aliphatic rings. The van der Waals surface area contributed by atoms with E-state index in [0.717, 1.165) is 12.8 Å². The number of benzene rings is 1. The number of ether oxygens (including phenoxy) is 1. The first kappa shape index (κ1) is 15.2. The summed E-state index contributed by atoms with van der Waals surface area (Å²) in [5, 5.41) is 14.0. The molecule has 7 nitrogen and oxygen atoms in total. The number of nitrogens with one attached hydrogen (secondary N) is 1. The van der Waals surface area contributed by atoms with Gasteiger partial charge in [-0.05, 0) is 25.0 Å². The molecule has 0 unspecified atom stereocenters. The van der Waals surface area contributed by atoms with E-state index >= 15 is 0 Å². The molecule has 1 aliphatic heterocycles. The van der Waals surface area contributed by atoms with Gasteiger partial charge < -0.3 is 15.0 Å². The average molecular weight is 293 g/mol. The number of nitro groups is 1. The summed E-state index contributed by atoms with van der Waals surface area (Å²) < 4.78 is 5.28. The van der Waals surface area contributed by atoms with Crippen LogP contribution in [0.25, 0.3) is 0 Å². The van der Waals surface area contributed by atoms with Crippen molar-refractivity contribution in [2.45, 2.75) is 18.9 Å². The zero-order valence-electron chi connectivity index (χ0n) is 12.2. The predicted molar refractivity (Wildman–Crippen MR) is 78.6 cm³/mol. The first-order valence-corrected chi connectivity index (χ1v) is 6.86. The lowest BCUT2D eigenvalue weighted by Crippen LogP contribution is -2.40. The summed E-state index contributed by atoms with van der Waals surface area (Å²) in [5.41, 5.74) is 0.274. The molecule has 0 atom stereocenters. The predicted octanol–water partition coefficient (Wildman–Crippen LogP) is 1.89. The molecule has 0 aromatic heterocycles. The van der Waals surface area contributed by atoms with Crippen molar-refractivity contribution < 1.29 is 14.5 Å². The Labute approximate surface area is 123 Å². The maximum Gasteiger partial charge on any atom is 0.305 e. The molecule has 1 N–H and O–H groups in total. The number of amides is 1. The van der Waals surface area contributed by atoms with Crippen LogP contribution < -0.4 is 5.32 Å². The molecule has 1 amide bonds. The number of hydrogen-bond donors (Lipinski definition) is 1. The summed E-state index contributed by atoms with van der Waals surface area (Å²) >= 11 is 0. The normalized spacial score (nSPS) is 15.5. The lowest BCUT2D eigenvalue weighted by Gasteiger charge is -2.31. The number of nitrogens with zero attached hydrogens (tertiary/aromatic N) is 2. The summed E-state index contributed by atoms with van der Waals surface area (Å²) in [5.74, 6) is -0.328. The Morgan fingerprint density at radius 3 is 2.67 bits per heavy atom. The zero-order valence-corrected chi connectivity index (χ0v) is 12.2. The molecule has 0 bridgehead atoms. The van der Waals surface area contributed by atoms with Crippen LogP contribution in [0, 0.1) is 10.1 Å². The van der Waals surface area contributed by atoms with Crippen LogP contribution in [0.5, 0.6) is 0 Å². The second-order valence-corrected chi connectivity index (χ2v) is 4.97. The number of anilines is 1. The third-order valence-electron chi connectivity index (χ3n) is 3.78. The Balaban J connectivity index is 2.32. The highest BCUT2D eigenvalue weighted by atomic mass is 16.6. The highest BCUT2D eigenvalue weighted by Crippen LogP contribution is 2.30. The Kier molecular flexibility index (Phi) is 4.74. The average Bonchev–Trinajstić information content (AvgIpc) is 2.53. The van der Waals surface area contributed by atoms with Gasteiger partial charge in [-0.2, -0.15) is 0 Å². The molecule has 1 aromatic carbocycles. The lowest BCUT2D eigenvalue weighted by atomic mass is 10.0. The van der Waals surface area contributed by atoms with Crippen LogP contribution >= 0.6 is 0 Å². The molecule has 1 aromatic rings. The van der Waals surface area contributed by atoms with Gasteiger partial charge in [-0.25, -0.2) is 0 Å². The molecule has 21 heavy (non-hydrogen) atoms. The van der Waals surface area contributed by atoms with Gasteiger partial charge in [0, 0.05) is 33.4 Å². The summed E-state index contributed by atoms with van der Waals surface area (Å²) in [7, 11) is 3.28. The first-order valence-electron chi connectivity index (χ1n) is 6.86. The Morgan fingerprint density at radius 2 is 2.10 bits per heavy atom. The zero-order chi connectivity index (χ0) is 15.4. The van der Waals surface area contributed by atoms with E-state index in [9.17, 15) is 14.9 Å². The van der Waals surface area contributed by atoms with Gasteiger partial charge in [0.25, 0.3) is 5.91 Å². The van der Waals surface area contributed by atoms with E-state index in [0.29, 0.717) is 18.9 Å². The third kappa shape index (κ3) is 3.13. The molecular formula is C14H19N3O4. The molecule has 1 saturated heterocycles. The molecule has 0 aliphatic carbocycles. The summed E-state index contributed by atoms with van der Waals surface area (Å²) in [6.07, 6.45) is 1.50. The van der Waals surface area contributed by atoms with Crippen molar-refractivity contribution in [2.75, 3.05) is 32.6 Å². The smallest absolute Gasteiger partial charge is 0.305 e. The highest BCUT2D eigenvalue weighted by molar-refractivity contribution is 6.00. The van der Waals surface area contributed by atoms with Crippen molar-refractivity contribution in [2.24, 2.45) is 0 Å². The quantitative estimate of drug-likeness (QED) is 0.677. The fraction of sp³-hybridized carbons (Fsp3) is 0.500. The molecule has 114 valence electrons. The second-order valence-electron chi connectivity index (χ2n) is 4.97. The van der Waals surface area contributed by atoms with Crippen LogP contribution in [-0.2, 0) is 4.74 Å². The van der Waals surface area contributed by atoms with Gasteiger partial charge in [0.15, 0.2) is 0 Å². The SMILES string of the molecule is CNc1cccc(C(=O)N(C)C2CCOCC2)c1[N+](=O)[O-]. The molecule has 1 fully saturated rings. The van der Waals surface area contributed by atoms with Crippen molar-refractivity contribution >= 4 is 17.3 Å². The number of hydrogen-bond acceptors (Lipinski definition) is 5. The number of rotatable bonds is 4. The molecule has 0 radical (unpaired) electrons. The van der Waals surface area contributed by atoms with Crippen molar-refractivity contribution in [3.63, 3.8) is 0 Å². The summed E-state index contributed by atoms with van der Waals surface area (Å²) in [6, 6.07) is 4.79. The van der Waals surface area contributed by atoms with Crippen molar-refractivity contribution in [3.05, 3.63) is 33.9 Å². The minimum atomic E-state index is -0.517. The van der Waals surface area contributed by atoms with E-state index in [4.69, 9.17) is 4.74 Å². The van der Waals surface area contributed by atoms with Crippen LogP contribution in [0.3, 0.4) is 0 Å². The van der Waals surface area contributed by atoms with Crippen LogP contribution in [0.4, 0.5) is 11.4 Å². The fourth-order valence-electron chi connectivity index (χ4n) is 2.54. The lowest BCUT2D eigenvalue weighted by molar-refractivity contribution is -0.384. The van der Waals surface area contributed by atoms with Gasteiger partial charge in [0.2, 0.25) is 0 Å². The van der Waals surface area contributed by atoms with Crippen LogP contribution in [-0.4, -0.2) is 49.1 Å². The number of carbonyl (C=O) groups is 1. The highest BCUT2D eigenvalue weighted by Gasteiger charge is 2.29. The first-order chi connectivity index (χ1) is 10.1. The van der Waals surface area contributed by atoms with Gasteiger partial charge in [-0.3, -0.25) is 14.9 Å². The van der Waals surface area contributed by atoms with Gasteiger partial charge in [0.1, 0.15) is 11.3 Å². The van der Waals surface area contributed by atoms with Crippen molar-refractivity contribution in [3.8, 4) is 0 Å². The van der Waals surface area contributed by atoms with E-state index in [1.54, 1.807) is 31.1 Å². The van der Waals surface area contributed by atoms with E-state index in [1.165, 1.54) is 6.07 Å². The van der Waals surface area contributed by atoms with Crippen LogP contribution in [0.15, 0.2) is 18.2 Å². The topological polar surface area (TPSA) is 84.7 Å². The van der Waals surface area contributed by atoms with E-state index in [-0.39, 0.29) is 23.2 Å². The standard InChI is InChI=1S/C14H19N3O4/c1-15-12-5-3-4-11(13(12)17(19)20)14(18)16(2)10-6-8-21-9-7-10/h3-5,10,15H,6-9H2,1-2H3. The Morgan fingerprint density at radius 1 is 1.43 bits per heavy atom. The van der Waals surface area contributed by atoms with Crippen LogP contribution in [0.1, 0.15) is 23.2 Å². The molecule has 2 rings (SSSR count). The van der Waals surface area contributed by atoms with E-state index in [2.05, 4.69) is 5.32 Å². The number of carbonyl (C=O) groups excluding carboxylic acids is 1. The van der Waals surface area contributed by atoms with E-state index in [1.807, 2.05) is 0 Å². The van der Waals surface area contributed by atoms with E-state index < -0.39 is 4.92 Å². The molecule has 1 heterocycles. The number of nitro benzene ring substituents is 1. The largest absolute Gasteiger partial charge is 0.383 e. The summed E-state index contributed by atoms with van der Waals surface area (Å²) in [4.78, 5) is 24.9. The second kappa shape index (κ2) is 6.53. The number of para-hydroxylation sites is 1. The minimum Gasteiger partial charge on any atom is -0.383 e. The Bertz CT molecular complexity index is 541. The van der Waals surface area contributed by atoms with Gasteiger partial charge in [0.05, 0.1) is 4.92 Å². The molecule has 7 heteroatoms. The van der Waals surface area contributed by atoms with Crippen LogP contribution in [0.2, 0.25) is 0 Å². The molecular weight excluding hydrogens is 274 g/mol. The van der Waals surface area contributed by atoms with Gasteiger partial charge >= 0.3 is 5.69 Å². The monoisotopic (exact) mass is 293 g/mol. The maximum atomic E-state index is 12.6. The van der Waals surface area contributed by atoms with Gasteiger partial charge in [-0.1, -0.05) is 6.07 Å². The Hall–Kier alpha value is -2.15. The third-order valence-corrected chi connectivity index (χ3v) is 3.78. The van der Waals surface area contributed by atoms with Crippen molar-refractivity contribution in [1.29, 1.82) is 0 Å². The maximum absolute atomic E-state index is 12.6. The minimum absolute atomic E-state index is 0.0593. The molecule has 0 spiro atoms. The summed E-state index contributed by atoms with van der Waals surface area (Å²) in [6.45, 7) is 1.22. The van der Waals surface area contributed by atoms with Gasteiger partial charge in [-0.15, -0.1) is 0 Å². The molecule has 0 saturated carbocycles. The fourth-order valence-corrected chi connectivity index (χ4v) is 2.54.